The number of allylic oxidation sites excluding steroid dienone is 4. The molecule has 5 N–H and O–H groups in total. The number of ether oxygens (including phenoxy) is 6. The van der Waals surface area contributed by atoms with Crippen molar-refractivity contribution in [2.45, 2.75) is 198 Å². The van der Waals surface area contributed by atoms with Crippen molar-refractivity contribution >= 4 is 11.9 Å². The highest BCUT2D eigenvalue weighted by Gasteiger charge is 2.19. The first-order valence-corrected chi connectivity index (χ1v) is 23.5. The van der Waals surface area contributed by atoms with Gasteiger partial charge in [-0.1, -0.05) is 115 Å². The van der Waals surface area contributed by atoms with Gasteiger partial charge in [0.25, 0.3) is 0 Å². The van der Waals surface area contributed by atoms with E-state index in [1.54, 1.807) is 0 Å². The van der Waals surface area contributed by atoms with Crippen LogP contribution in [0.5, 0.6) is 0 Å². The monoisotopic (exact) mass is 861 g/mol. The predicted octanol–water partition coefficient (Wildman–Crippen LogP) is 7.46. The average molecular weight is 861 g/mol. The summed E-state index contributed by atoms with van der Waals surface area (Å²) in [6.45, 7) is 2.71. The number of rotatable bonds is 46. The lowest BCUT2D eigenvalue weighted by Gasteiger charge is -2.21. The molecule has 0 bridgehead atoms. The van der Waals surface area contributed by atoms with E-state index in [-0.39, 0.29) is 71.7 Å². The molecule has 5 unspecified atom stereocenters. The van der Waals surface area contributed by atoms with Crippen LogP contribution in [0, 0.1) is 0 Å². The highest BCUT2D eigenvalue weighted by molar-refractivity contribution is 5.69. The largest absolute Gasteiger partial charge is 0.457 e. The van der Waals surface area contributed by atoms with Gasteiger partial charge in [0.15, 0.2) is 0 Å². The Bertz CT molecular complexity index is 994. The molecule has 354 valence electrons. The molecule has 0 saturated carbocycles. The maximum atomic E-state index is 12.6. The van der Waals surface area contributed by atoms with Crippen LogP contribution in [0.1, 0.15) is 168 Å². The summed E-state index contributed by atoms with van der Waals surface area (Å²) in [5.41, 5.74) is 0. The van der Waals surface area contributed by atoms with Crippen LogP contribution < -0.4 is 0 Å². The molecule has 0 heterocycles. The lowest BCUT2D eigenvalue weighted by Crippen LogP contribution is -2.34. The van der Waals surface area contributed by atoms with Gasteiger partial charge in [-0.05, 0) is 64.2 Å². The van der Waals surface area contributed by atoms with Crippen molar-refractivity contribution in [2.75, 3.05) is 66.1 Å². The summed E-state index contributed by atoms with van der Waals surface area (Å²) in [5.74, 6) is -0.774. The smallest absolute Gasteiger partial charge is 0.306 e. The summed E-state index contributed by atoms with van der Waals surface area (Å²) in [4.78, 5) is 25.2. The molecule has 0 aromatic carbocycles. The van der Waals surface area contributed by atoms with Crippen LogP contribution >= 0.6 is 0 Å². The van der Waals surface area contributed by atoms with Crippen LogP contribution in [0.4, 0.5) is 0 Å². The Balaban J connectivity index is 4.56. The van der Waals surface area contributed by atoms with Crippen LogP contribution in [0.25, 0.3) is 0 Å². The zero-order chi connectivity index (χ0) is 44.2. The van der Waals surface area contributed by atoms with Gasteiger partial charge < -0.3 is 54.0 Å². The molecule has 0 rings (SSSR count). The van der Waals surface area contributed by atoms with Crippen molar-refractivity contribution in [3.8, 4) is 0 Å². The van der Waals surface area contributed by atoms with Gasteiger partial charge in [-0.2, -0.15) is 0 Å². The number of aliphatic hydroxyl groups excluding tert-OH is 5. The maximum Gasteiger partial charge on any atom is 0.306 e. The minimum atomic E-state index is -1.06. The van der Waals surface area contributed by atoms with E-state index in [1.165, 1.54) is 64.2 Å². The van der Waals surface area contributed by atoms with Crippen LogP contribution in [-0.2, 0) is 38.0 Å². The third kappa shape index (κ3) is 41.4. The number of hydrogen-bond donors (Lipinski definition) is 5. The van der Waals surface area contributed by atoms with Crippen molar-refractivity contribution in [3.05, 3.63) is 24.3 Å². The number of hydrogen-bond acceptors (Lipinski definition) is 13. The van der Waals surface area contributed by atoms with Gasteiger partial charge in [-0.15, -0.1) is 0 Å². The molecule has 0 saturated heterocycles. The molecule has 0 amide bonds. The van der Waals surface area contributed by atoms with Crippen molar-refractivity contribution in [2.24, 2.45) is 0 Å². The average Bonchev–Trinajstić information content (AvgIpc) is 3.23. The quantitative estimate of drug-likeness (QED) is 0.0231. The summed E-state index contributed by atoms with van der Waals surface area (Å²) in [5, 5.41) is 48.0. The van der Waals surface area contributed by atoms with Gasteiger partial charge in [0.2, 0.25) is 0 Å². The van der Waals surface area contributed by atoms with E-state index in [1.807, 2.05) is 0 Å². The molecule has 0 aliphatic carbocycles. The lowest BCUT2D eigenvalue weighted by molar-refractivity contribution is -0.159. The van der Waals surface area contributed by atoms with E-state index < -0.39 is 49.7 Å². The summed E-state index contributed by atoms with van der Waals surface area (Å²) >= 11 is 0. The maximum absolute atomic E-state index is 12.6. The highest BCUT2D eigenvalue weighted by atomic mass is 16.6. The Morgan fingerprint density at radius 1 is 0.400 bits per heavy atom. The number of aliphatic hydroxyl groups is 5. The molecular formula is C47H88O13. The molecule has 0 spiro atoms. The predicted molar refractivity (Wildman–Crippen MR) is 236 cm³/mol. The van der Waals surface area contributed by atoms with Crippen molar-refractivity contribution in [3.63, 3.8) is 0 Å². The molecule has 0 aromatic heterocycles. The van der Waals surface area contributed by atoms with Gasteiger partial charge >= 0.3 is 11.9 Å². The molecule has 60 heavy (non-hydrogen) atoms. The minimum absolute atomic E-state index is 0.0596. The minimum Gasteiger partial charge on any atom is -0.457 e. The number of carbonyl (C=O) groups is 2. The van der Waals surface area contributed by atoms with E-state index in [0.717, 1.165) is 64.2 Å². The highest BCUT2D eigenvalue weighted by Crippen LogP contribution is 2.12. The fourth-order valence-electron chi connectivity index (χ4n) is 6.19. The van der Waals surface area contributed by atoms with E-state index in [0.29, 0.717) is 12.8 Å². The normalized spacial score (nSPS) is 14.4. The zero-order valence-corrected chi connectivity index (χ0v) is 37.7. The molecule has 0 fully saturated rings. The van der Waals surface area contributed by atoms with Gasteiger partial charge in [0.1, 0.15) is 30.5 Å². The molecule has 13 nitrogen and oxygen atoms in total. The molecule has 0 aromatic rings. The summed E-state index contributed by atoms with van der Waals surface area (Å²) in [6.07, 6.45) is 29.6. The first kappa shape index (κ1) is 58.1. The Morgan fingerprint density at radius 3 is 1.03 bits per heavy atom. The summed E-state index contributed by atoms with van der Waals surface area (Å²) < 4.78 is 33.3. The zero-order valence-electron chi connectivity index (χ0n) is 37.7. The molecule has 13 heteroatoms. The fourth-order valence-corrected chi connectivity index (χ4v) is 6.19. The van der Waals surface area contributed by atoms with Gasteiger partial charge in [0.05, 0.1) is 66.1 Å². The van der Waals surface area contributed by atoms with Crippen molar-refractivity contribution in [1.82, 2.24) is 0 Å². The van der Waals surface area contributed by atoms with Crippen molar-refractivity contribution < 1.29 is 63.5 Å². The first-order valence-electron chi connectivity index (χ1n) is 23.5. The standard InChI is InChI=1S/C47H88O13/c1-3-5-7-9-11-13-15-17-19-21-23-25-27-29-46(53)59-44(37-55-33-41(50)31-48)39-57-35-43(52)36-58-40-45(38-56-34-42(51)32-49)60-47(54)30-28-26-24-22-20-18-16-14-12-10-8-6-4-2/h13,15,18,20,41-45,48-52H,3-12,14,16-17,19,21-40H2,1-2H3/b15-13-,20-18-. The second-order valence-electron chi connectivity index (χ2n) is 16.0. The topological polar surface area (TPSA) is 191 Å². The summed E-state index contributed by atoms with van der Waals surface area (Å²) in [6, 6.07) is 0. The number of carbonyl (C=O) groups excluding carboxylic acids is 2. The number of esters is 2. The SMILES string of the molecule is CCCCCC/C=C\CCCCCCCC(=O)OC(COCC(O)CO)COCC(O)COCC(COCC(O)CO)OC(=O)CCCCC/C=C\CCCCCCCC. The van der Waals surface area contributed by atoms with Crippen LogP contribution in [0.2, 0.25) is 0 Å². The molecular weight excluding hydrogens is 773 g/mol. The fraction of sp³-hybridized carbons (Fsp3) is 0.872. The Hall–Kier alpha value is -1.94. The van der Waals surface area contributed by atoms with Crippen LogP contribution in [-0.4, -0.2) is 134 Å². The molecule has 0 radical (unpaired) electrons. The number of unbranched alkanes of at least 4 members (excludes halogenated alkanes) is 18. The van der Waals surface area contributed by atoms with E-state index in [2.05, 4.69) is 38.2 Å². The van der Waals surface area contributed by atoms with Crippen LogP contribution in [0.3, 0.4) is 0 Å². The van der Waals surface area contributed by atoms with E-state index >= 15 is 0 Å². The second kappa shape index (κ2) is 45.1. The first-order chi connectivity index (χ1) is 29.2. The Morgan fingerprint density at radius 2 is 0.683 bits per heavy atom. The molecule has 0 aliphatic rings. The van der Waals surface area contributed by atoms with Gasteiger partial charge in [-0.25, -0.2) is 0 Å². The third-order valence-corrected chi connectivity index (χ3v) is 9.76. The summed E-state index contributed by atoms with van der Waals surface area (Å²) in [7, 11) is 0. The Kier molecular flexibility index (Phi) is 43.6. The van der Waals surface area contributed by atoms with Gasteiger partial charge in [0, 0.05) is 12.8 Å². The van der Waals surface area contributed by atoms with E-state index in [9.17, 15) is 24.9 Å². The van der Waals surface area contributed by atoms with Crippen molar-refractivity contribution in [1.29, 1.82) is 0 Å². The Labute approximate surface area is 363 Å². The third-order valence-electron chi connectivity index (χ3n) is 9.76. The molecule has 0 aliphatic heterocycles. The second-order valence-corrected chi connectivity index (χ2v) is 16.0. The molecule has 5 atom stereocenters. The van der Waals surface area contributed by atoms with Gasteiger partial charge in [-0.3, -0.25) is 9.59 Å². The lowest BCUT2D eigenvalue weighted by atomic mass is 10.1. The van der Waals surface area contributed by atoms with Crippen LogP contribution in [0.15, 0.2) is 24.3 Å². The van der Waals surface area contributed by atoms with E-state index in [4.69, 9.17) is 38.6 Å².